The zero-order valence-corrected chi connectivity index (χ0v) is 29.0. The molecule has 0 unspecified atom stereocenters. The Balaban J connectivity index is 1.04. The summed E-state index contributed by atoms with van der Waals surface area (Å²) in [4.78, 5) is 2.42. The zero-order chi connectivity index (χ0) is 34.0. The topological polar surface area (TPSA) is 15.3 Å². The van der Waals surface area contributed by atoms with E-state index in [1.54, 1.807) is 0 Å². The number of fused-ring (bicyclic) bond motifs is 6. The number of benzene rings is 7. The van der Waals surface area contributed by atoms with Crippen molar-refractivity contribution in [1.29, 1.82) is 0 Å². The highest BCUT2D eigenvalue weighted by Crippen LogP contribution is 2.54. The molecule has 1 heterocycles. The van der Waals surface area contributed by atoms with Gasteiger partial charge in [-0.2, -0.15) is 0 Å². The normalized spacial score (nSPS) is 15.0. The fourth-order valence-corrected chi connectivity index (χ4v) is 8.29. The molecule has 2 heteroatoms. The number of nitrogens with one attached hydrogen (secondary N) is 1. The summed E-state index contributed by atoms with van der Waals surface area (Å²) in [5, 5.41) is 5.97. The molecule has 1 N–H and O–H groups in total. The van der Waals surface area contributed by atoms with Gasteiger partial charge in [0.15, 0.2) is 0 Å². The first-order chi connectivity index (χ1) is 24.3. The quantitative estimate of drug-likeness (QED) is 0.201. The maximum atomic E-state index is 3.48. The van der Waals surface area contributed by atoms with E-state index in [0.717, 1.165) is 5.69 Å². The average Bonchev–Trinajstić information content (AvgIpc) is 3.37. The molecule has 0 radical (unpaired) electrons. The Labute approximate surface area is 295 Å². The smallest absolute Gasteiger partial charge is 0.0503 e. The van der Waals surface area contributed by atoms with E-state index in [4.69, 9.17) is 0 Å². The molecule has 0 saturated heterocycles. The minimum absolute atomic E-state index is 0.118. The van der Waals surface area contributed by atoms with E-state index in [1.807, 2.05) is 6.20 Å². The van der Waals surface area contributed by atoms with Gasteiger partial charge in [-0.15, -0.1) is 0 Å². The van der Waals surface area contributed by atoms with Gasteiger partial charge in [-0.3, -0.25) is 0 Å². The van der Waals surface area contributed by atoms with Crippen LogP contribution in [0.5, 0.6) is 0 Å². The zero-order valence-electron chi connectivity index (χ0n) is 29.0. The lowest BCUT2D eigenvalue weighted by Crippen LogP contribution is -2.30. The fourth-order valence-electron chi connectivity index (χ4n) is 8.29. The number of hydrogen-bond donors (Lipinski definition) is 1. The summed E-state index contributed by atoms with van der Waals surface area (Å²) in [6.07, 6.45) is 4.22. The molecular formula is C48H40N2. The first kappa shape index (κ1) is 30.2. The van der Waals surface area contributed by atoms with Crippen LogP contribution in [0.1, 0.15) is 55.5 Å². The Bertz CT molecular complexity index is 2470. The molecule has 1 aliphatic heterocycles. The number of hydrogen-bond acceptors (Lipinski definition) is 2. The van der Waals surface area contributed by atoms with Crippen molar-refractivity contribution in [1.82, 2.24) is 0 Å². The minimum atomic E-state index is -0.146. The van der Waals surface area contributed by atoms with Crippen LogP contribution in [-0.2, 0) is 10.8 Å². The van der Waals surface area contributed by atoms with Crippen molar-refractivity contribution in [2.24, 2.45) is 0 Å². The average molecular weight is 645 g/mol. The minimum Gasteiger partial charge on any atom is -0.362 e. The van der Waals surface area contributed by atoms with Gasteiger partial charge in [0, 0.05) is 28.4 Å². The highest BCUT2D eigenvalue weighted by molar-refractivity contribution is 5.89. The lowest BCUT2D eigenvalue weighted by Gasteiger charge is -2.42. The van der Waals surface area contributed by atoms with E-state index in [9.17, 15) is 0 Å². The molecule has 1 aliphatic carbocycles. The van der Waals surface area contributed by atoms with Gasteiger partial charge in [0.05, 0.1) is 11.4 Å². The summed E-state index contributed by atoms with van der Waals surface area (Å²) in [5.41, 5.74) is 16.3. The largest absolute Gasteiger partial charge is 0.362 e. The summed E-state index contributed by atoms with van der Waals surface area (Å²) in [5.74, 6) is 0. The van der Waals surface area contributed by atoms with Gasteiger partial charge in [0.1, 0.15) is 0 Å². The molecule has 9 rings (SSSR count). The standard InChI is InChI=1S/C48H40N2/c1-47(2)41-16-10-11-17-45(41)50(38-14-6-5-7-15-38)46-25-21-36(31-44(46)47)35-20-24-40-39-23-18-32(28-42(39)48(3,4)43(40)30-35)26-27-49-37-22-19-33-12-8-9-13-34(33)29-37/h5-31,49H,1-4H3/b27-26+. The van der Waals surface area contributed by atoms with E-state index in [2.05, 4.69) is 196 Å². The van der Waals surface area contributed by atoms with Gasteiger partial charge >= 0.3 is 0 Å². The monoisotopic (exact) mass is 644 g/mol. The number of anilines is 4. The van der Waals surface area contributed by atoms with Gasteiger partial charge in [0.2, 0.25) is 0 Å². The van der Waals surface area contributed by atoms with Crippen molar-refractivity contribution >= 4 is 39.6 Å². The highest BCUT2D eigenvalue weighted by Gasteiger charge is 2.38. The van der Waals surface area contributed by atoms with E-state index in [-0.39, 0.29) is 10.8 Å². The van der Waals surface area contributed by atoms with Gasteiger partial charge in [-0.1, -0.05) is 131 Å². The molecule has 0 amide bonds. The second kappa shape index (κ2) is 11.4. The predicted molar refractivity (Wildman–Crippen MR) is 213 cm³/mol. The molecule has 50 heavy (non-hydrogen) atoms. The molecule has 0 spiro atoms. The summed E-state index contributed by atoms with van der Waals surface area (Å²) in [6.45, 7) is 9.46. The maximum Gasteiger partial charge on any atom is 0.0503 e. The number of para-hydroxylation sites is 2. The van der Waals surface area contributed by atoms with Crippen LogP contribution in [0.15, 0.2) is 158 Å². The molecular weight excluding hydrogens is 605 g/mol. The van der Waals surface area contributed by atoms with Gasteiger partial charge in [-0.25, -0.2) is 0 Å². The molecule has 0 saturated carbocycles. The SMILES string of the molecule is CC1(C)c2cc(/C=C/Nc3ccc4ccccc4c3)ccc2-c2ccc(-c3ccc4c(c3)C(C)(C)c3ccccc3N4c3ccccc3)cc21. The Morgan fingerprint density at radius 2 is 1.10 bits per heavy atom. The molecule has 7 aromatic carbocycles. The van der Waals surface area contributed by atoms with Crippen LogP contribution < -0.4 is 10.2 Å². The van der Waals surface area contributed by atoms with Crippen molar-refractivity contribution in [2.75, 3.05) is 10.2 Å². The fraction of sp³-hybridized carbons (Fsp3) is 0.125. The van der Waals surface area contributed by atoms with Crippen LogP contribution >= 0.6 is 0 Å². The summed E-state index contributed by atoms with van der Waals surface area (Å²) < 4.78 is 0. The van der Waals surface area contributed by atoms with Crippen molar-refractivity contribution in [2.45, 2.75) is 38.5 Å². The van der Waals surface area contributed by atoms with Crippen molar-refractivity contribution in [3.8, 4) is 22.3 Å². The number of nitrogens with zero attached hydrogens (tertiary/aromatic N) is 1. The molecule has 0 bridgehead atoms. The third kappa shape index (κ3) is 4.78. The Hall–Kier alpha value is -5.86. The molecule has 242 valence electrons. The lowest BCUT2D eigenvalue weighted by atomic mass is 9.72. The van der Waals surface area contributed by atoms with E-state index >= 15 is 0 Å². The van der Waals surface area contributed by atoms with Gasteiger partial charge in [-0.05, 0) is 115 Å². The van der Waals surface area contributed by atoms with Crippen molar-refractivity contribution in [3.63, 3.8) is 0 Å². The molecule has 7 aromatic rings. The van der Waals surface area contributed by atoms with E-state index in [1.165, 1.54) is 77.9 Å². The molecule has 0 fully saturated rings. The van der Waals surface area contributed by atoms with E-state index < -0.39 is 0 Å². The van der Waals surface area contributed by atoms with Crippen molar-refractivity contribution < 1.29 is 0 Å². The first-order valence-corrected chi connectivity index (χ1v) is 17.6. The Morgan fingerprint density at radius 3 is 1.92 bits per heavy atom. The molecule has 0 aromatic heterocycles. The second-order valence-electron chi connectivity index (χ2n) is 14.8. The summed E-state index contributed by atoms with van der Waals surface area (Å²) in [6, 6.07) is 55.6. The highest BCUT2D eigenvalue weighted by atomic mass is 15.2. The number of rotatable bonds is 5. The predicted octanol–water partition coefficient (Wildman–Crippen LogP) is 13.0. The first-order valence-electron chi connectivity index (χ1n) is 17.6. The van der Waals surface area contributed by atoms with Gasteiger partial charge in [0.25, 0.3) is 0 Å². The Kier molecular flexibility index (Phi) is 6.86. The third-order valence-corrected chi connectivity index (χ3v) is 11.1. The van der Waals surface area contributed by atoms with E-state index in [0.29, 0.717) is 0 Å². The van der Waals surface area contributed by atoms with Crippen LogP contribution in [0.3, 0.4) is 0 Å². The Morgan fingerprint density at radius 1 is 0.480 bits per heavy atom. The molecule has 2 nitrogen and oxygen atoms in total. The lowest BCUT2D eigenvalue weighted by molar-refractivity contribution is 0.632. The molecule has 2 aliphatic rings. The van der Waals surface area contributed by atoms with Gasteiger partial charge < -0.3 is 10.2 Å². The van der Waals surface area contributed by atoms with Crippen LogP contribution in [0.25, 0.3) is 39.1 Å². The van der Waals surface area contributed by atoms with Crippen molar-refractivity contribution in [3.05, 3.63) is 186 Å². The van der Waals surface area contributed by atoms with Crippen LogP contribution in [0.2, 0.25) is 0 Å². The third-order valence-electron chi connectivity index (χ3n) is 11.1. The second-order valence-corrected chi connectivity index (χ2v) is 14.8. The maximum absolute atomic E-state index is 3.48. The van der Waals surface area contributed by atoms with Crippen LogP contribution in [0.4, 0.5) is 22.7 Å². The van der Waals surface area contributed by atoms with Crippen LogP contribution in [0, 0.1) is 0 Å². The summed E-state index contributed by atoms with van der Waals surface area (Å²) >= 11 is 0. The molecule has 0 atom stereocenters. The van der Waals surface area contributed by atoms with Crippen LogP contribution in [-0.4, -0.2) is 0 Å². The summed E-state index contributed by atoms with van der Waals surface area (Å²) in [7, 11) is 0.